The Labute approximate surface area is 202 Å². The standard InChI is InChI=1S/C19H23N7O6S2/c1-19(2)14(17(28)26(19)32-34-29)24-16(27)13(12-9-33-18(22)23-12)25-31-8-7-30-11-5-3-10(4-6-11)15(20)21/h3-6,9,14,29H,7-8H2,1-2H3,(H3,20,21)(H2,22,23)(H,24,27)/b25-13-/t14-/m1/s1. The van der Waals surface area contributed by atoms with Crippen LogP contribution in [0.3, 0.4) is 0 Å². The Morgan fingerprint density at radius 3 is 2.65 bits per heavy atom. The molecule has 1 aromatic heterocycles. The second kappa shape index (κ2) is 10.7. The van der Waals surface area contributed by atoms with Crippen molar-refractivity contribution in [3.63, 3.8) is 0 Å². The van der Waals surface area contributed by atoms with Crippen LogP contribution in [0, 0.1) is 5.41 Å². The average Bonchev–Trinajstić information content (AvgIpc) is 3.23. The number of carbonyl (C=O) groups excluding carboxylic acids is 2. The predicted octanol–water partition coefficient (Wildman–Crippen LogP) is 0.967. The van der Waals surface area contributed by atoms with E-state index in [9.17, 15) is 9.59 Å². The number of nitrogens with two attached hydrogens (primary N) is 2. The molecule has 2 amide bonds. The van der Waals surface area contributed by atoms with Gasteiger partial charge < -0.3 is 30.9 Å². The van der Waals surface area contributed by atoms with Crippen molar-refractivity contribution < 1.29 is 28.0 Å². The van der Waals surface area contributed by atoms with Gasteiger partial charge in [0.05, 0.1) is 5.54 Å². The van der Waals surface area contributed by atoms with Crippen molar-refractivity contribution in [1.82, 2.24) is 15.4 Å². The number of benzene rings is 1. The number of aromatic nitrogens is 1. The van der Waals surface area contributed by atoms with E-state index in [-0.39, 0.29) is 47.9 Å². The Morgan fingerprint density at radius 1 is 1.38 bits per heavy atom. The van der Waals surface area contributed by atoms with Crippen LogP contribution < -0.4 is 21.5 Å². The molecule has 1 atom stereocenters. The van der Waals surface area contributed by atoms with Crippen LogP contribution in [0.25, 0.3) is 0 Å². The van der Waals surface area contributed by atoms with Crippen molar-refractivity contribution in [3.05, 3.63) is 40.9 Å². The number of β-lactam (4-membered cyclic amide) rings is 1. The molecule has 1 aromatic carbocycles. The van der Waals surface area contributed by atoms with Crippen LogP contribution in [0.4, 0.5) is 5.13 Å². The van der Waals surface area contributed by atoms with Gasteiger partial charge in [0.25, 0.3) is 11.8 Å². The number of nitrogens with one attached hydrogen (secondary N) is 2. The van der Waals surface area contributed by atoms with E-state index in [4.69, 9.17) is 35.3 Å². The van der Waals surface area contributed by atoms with Gasteiger partial charge >= 0.3 is 0 Å². The minimum atomic E-state index is -0.922. The average molecular weight is 510 g/mol. The zero-order valence-electron chi connectivity index (χ0n) is 18.2. The number of nitrogen functional groups attached to an aromatic ring is 2. The van der Waals surface area contributed by atoms with Gasteiger partial charge in [-0.1, -0.05) is 5.16 Å². The number of nitrogens with zero attached hydrogens (tertiary/aromatic N) is 3. The smallest absolute Gasteiger partial charge is 0.276 e. The topological polar surface area (TPSA) is 198 Å². The molecule has 0 spiro atoms. The lowest BCUT2D eigenvalue weighted by molar-refractivity contribution is -0.214. The highest BCUT2D eigenvalue weighted by Gasteiger charge is 2.57. The van der Waals surface area contributed by atoms with Gasteiger partial charge in [0.1, 0.15) is 29.9 Å². The number of rotatable bonds is 11. The van der Waals surface area contributed by atoms with Crippen LogP contribution in [-0.4, -0.2) is 62.8 Å². The lowest BCUT2D eigenvalue weighted by Crippen LogP contribution is -2.76. The quantitative estimate of drug-likeness (QED) is 0.0726. The van der Waals surface area contributed by atoms with E-state index >= 15 is 0 Å². The molecule has 1 fully saturated rings. The van der Waals surface area contributed by atoms with Gasteiger partial charge in [0.15, 0.2) is 29.8 Å². The first kappa shape index (κ1) is 25.2. The maximum atomic E-state index is 12.9. The summed E-state index contributed by atoms with van der Waals surface area (Å²) < 4.78 is 19.2. The highest BCUT2D eigenvalue weighted by atomic mass is 32.2. The number of amides is 2. The lowest BCUT2D eigenvalue weighted by Gasteiger charge is -2.50. The van der Waals surface area contributed by atoms with Crippen LogP contribution in [0.1, 0.15) is 25.1 Å². The summed E-state index contributed by atoms with van der Waals surface area (Å²) in [6.07, 6.45) is 0. The molecule has 2 aromatic rings. The molecule has 182 valence electrons. The summed E-state index contributed by atoms with van der Waals surface area (Å²) in [6.45, 7) is 3.44. The molecule has 34 heavy (non-hydrogen) atoms. The maximum Gasteiger partial charge on any atom is 0.276 e. The van der Waals surface area contributed by atoms with Crippen molar-refractivity contribution in [3.8, 4) is 5.75 Å². The Kier molecular flexibility index (Phi) is 7.93. The Bertz CT molecular complexity index is 1090. The molecular weight excluding hydrogens is 486 g/mol. The number of oxime groups is 1. The van der Waals surface area contributed by atoms with Crippen LogP contribution in [0.15, 0.2) is 34.8 Å². The summed E-state index contributed by atoms with van der Waals surface area (Å²) in [6, 6.07) is 5.71. The monoisotopic (exact) mass is 509 g/mol. The molecule has 1 aliphatic rings. The minimum Gasteiger partial charge on any atom is -0.490 e. The normalized spacial score (nSPS) is 17.1. The van der Waals surface area contributed by atoms with Gasteiger partial charge in [0, 0.05) is 10.9 Å². The fraction of sp³-hybridized carbons (Fsp3) is 0.316. The zero-order chi connectivity index (χ0) is 24.9. The Morgan fingerprint density at radius 2 is 2.09 bits per heavy atom. The SMILES string of the molecule is CC1(C)[C@H](NC(=O)/C(=N\OCCOc2ccc(C(=N)N)cc2)c2csc(N)n2)C(=O)N1OSO. The molecule has 1 saturated heterocycles. The van der Waals surface area contributed by atoms with E-state index in [1.54, 1.807) is 38.1 Å². The number of ether oxygens (including phenoxy) is 1. The van der Waals surface area contributed by atoms with Crippen LogP contribution >= 0.6 is 23.7 Å². The van der Waals surface area contributed by atoms with E-state index < -0.39 is 23.4 Å². The molecule has 0 bridgehead atoms. The van der Waals surface area contributed by atoms with Gasteiger partial charge in [-0.2, -0.15) is 9.35 Å². The molecule has 13 nitrogen and oxygen atoms in total. The van der Waals surface area contributed by atoms with Gasteiger partial charge in [0.2, 0.25) is 0 Å². The summed E-state index contributed by atoms with van der Waals surface area (Å²) in [5.74, 6) is -0.741. The first-order valence-corrected chi connectivity index (χ1v) is 11.3. The zero-order valence-corrected chi connectivity index (χ0v) is 19.8. The number of hydrogen-bond donors (Lipinski definition) is 5. The van der Waals surface area contributed by atoms with Crippen molar-refractivity contribution in [2.75, 3.05) is 18.9 Å². The third-order valence-electron chi connectivity index (χ3n) is 4.80. The molecule has 2 heterocycles. The van der Waals surface area contributed by atoms with Gasteiger partial charge in [-0.15, -0.1) is 11.3 Å². The summed E-state index contributed by atoms with van der Waals surface area (Å²) in [5.41, 5.74) is 10.8. The van der Waals surface area contributed by atoms with Crippen LogP contribution in [0.5, 0.6) is 5.75 Å². The molecule has 7 N–H and O–H groups in total. The fourth-order valence-electron chi connectivity index (χ4n) is 3.00. The predicted molar refractivity (Wildman–Crippen MR) is 126 cm³/mol. The summed E-state index contributed by atoms with van der Waals surface area (Å²) in [7, 11) is 0. The number of carbonyl (C=O) groups is 2. The molecular formula is C19H23N7O6S2. The lowest BCUT2D eigenvalue weighted by atomic mass is 9.84. The largest absolute Gasteiger partial charge is 0.490 e. The molecule has 1 aliphatic heterocycles. The number of amidine groups is 1. The molecule has 0 unspecified atom stereocenters. The van der Waals surface area contributed by atoms with Crippen molar-refractivity contribution >= 4 is 52.2 Å². The van der Waals surface area contributed by atoms with Crippen molar-refractivity contribution in [2.24, 2.45) is 10.9 Å². The second-order valence-corrected chi connectivity index (χ2v) is 8.66. The third kappa shape index (κ3) is 5.56. The van der Waals surface area contributed by atoms with E-state index in [2.05, 4.69) is 15.5 Å². The minimum absolute atomic E-state index is 0.00799. The van der Waals surface area contributed by atoms with Crippen molar-refractivity contribution in [2.45, 2.75) is 25.4 Å². The molecule has 0 saturated carbocycles. The summed E-state index contributed by atoms with van der Waals surface area (Å²) in [5, 5.41) is 16.6. The number of thiazole rings is 1. The Balaban J connectivity index is 1.61. The van der Waals surface area contributed by atoms with Crippen LogP contribution in [0.2, 0.25) is 0 Å². The highest BCUT2D eigenvalue weighted by molar-refractivity contribution is 7.88. The first-order valence-electron chi connectivity index (χ1n) is 9.77. The highest BCUT2D eigenvalue weighted by Crippen LogP contribution is 2.33. The number of hydroxylamine groups is 2. The van der Waals surface area contributed by atoms with Gasteiger partial charge in [-0.25, -0.2) is 4.98 Å². The summed E-state index contributed by atoms with van der Waals surface area (Å²) >= 11 is 1.15. The van der Waals surface area contributed by atoms with E-state index in [1.807, 2.05) is 0 Å². The number of anilines is 1. The Hall–Kier alpha value is -3.40. The molecule has 3 rings (SSSR count). The van der Waals surface area contributed by atoms with Gasteiger partial charge in [-0.05, 0) is 38.1 Å². The fourth-order valence-corrected chi connectivity index (χ4v) is 3.88. The van der Waals surface area contributed by atoms with Gasteiger partial charge in [-0.3, -0.25) is 15.0 Å². The van der Waals surface area contributed by atoms with Crippen LogP contribution in [-0.2, 0) is 18.7 Å². The van der Waals surface area contributed by atoms with E-state index in [1.165, 1.54) is 5.38 Å². The molecule has 15 heteroatoms. The molecule has 0 aliphatic carbocycles. The van der Waals surface area contributed by atoms with Crippen molar-refractivity contribution in [1.29, 1.82) is 5.41 Å². The first-order chi connectivity index (χ1) is 16.1. The number of hydrogen-bond acceptors (Lipinski definition) is 12. The molecule has 0 radical (unpaired) electrons. The van der Waals surface area contributed by atoms with E-state index in [0.717, 1.165) is 16.4 Å². The second-order valence-electron chi connectivity index (χ2n) is 7.47. The maximum absolute atomic E-state index is 12.9. The third-order valence-corrected chi connectivity index (χ3v) is 5.69. The summed E-state index contributed by atoms with van der Waals surface area (Å²) in [4.78, 5) is 34.5. The van der Waals surface area contributed by atoms with E-state index in [0.29, 0.717) is 11.3 Å².